The molecule has 0 aliphatic carbocycles. The zero-order chi connectivity index (χ0) is 38.4. The van der Waals surface area contributed by atoms with E-state index in [9.17, 15) is 0 Å². The molecule has 11 aromatic rings. The summed E-state index contributed by atoms with van der Waals surface area (Å²) in [6.07, 6.45) is 4.24. The number of anilines is 3. The van der Waals surface area contributed by atoms with Crippen LogP contribution in [0.1, 0.15) is 17.3 Å². The second-order valence-corrected chi connectivity index (χ2v) is 18.7. The summed E-state index contributed by atoms with van der Waals surface area (Å²) in [5, 5.41) is 9.97. The lowest BCUT2D eigenvalue weighted by Gasteiger charge is -2.44. The molecule has 5 nitrogen and oxygen atoms in total. The summed E-state index contributed by atoms with van der Waals surface area (Å²) in [5.41, 5.74) is 6.52. The number of benzene rings is 7. The van der Waals surface area contributed by atoms with Gasteiger partial charge in [0.25, 0.3) is 0 Å². The number of imidazole rings is 1. The highest BCUT2D eigenvalue weighted by Crippen LogP contribution is 2.43. The van der Waals surface area contributed by atoms with Crippen molar-refractivity contribution in [2.24, 2.45) is 0 Å². The van der Waals surface area contributed by atoms with Crippen molar-refractivity contribution < 1.29 is 8.81 Å². The third-order valence-corrected chi connectivity index (χ3v) is 16.9. The predicted octanol–water partition coefficient (Wildman–Crippen LogP) is 10.2. The maximum atomic E-state index is 17.2. The molecule has 12 rings (SSSR count). The van der Waals surface area contributed by atoms with Gasteiger partial charge in [0.05, 0.1) is 11.2 Å². The summed E-state index contributed by atoms with van der Waals surface area (Å²) >= 11 is 0. The van der Waals surface area contributed by atoms with Gasteiger partial charge in [-0.15, -0.1) is 0 Å². The highest BCUT2D eigenvalue weighted by molar-refractivity contribution is 7.22. The smallest absolute Gasteiger partial charge is 0.191 e. The van der Waals surface area contributed by atoms with Gasteiger partial charge in [-0.2, -0.15) is 0 Å². The fourth-order valence-electron chi connectivity index (χ4n) is 9.61. The number of furan rings is 1. The Balaban J connectivity index is 1.09. The first-order valence-corrected chi connectivity index (χ1v) is 21.5. The molecule has 0 N–H and O–H groups in total. The van der Waals surface area contributed by atoms with E-state index in [-0.39, 0.29) is 0 Å². The number of rotatable bonds is 5. The van der Waals surface area contributed by atoms with E-state index in [0.29, 0.717) is 11.1 Å². The van der Waals surface area contributed by atoms with Crippen LogP contribution in [-0.4, -0.2) is 22.4 Å². The minimum absolute atomic E-state index is 0.557. The standard InChI is InChI=1S/C51H33FN4OSi/c52-47(34-24-25-38-39-19-7-9-21-43(39)55-30-29-54-50(55)42(38)32-34)33-13-11-14-35(31-33)56-44-27-26-41-40-20-8-10-22-45(40)57-48(41)49(44)58(36-15-3-1-4-16-36,37-17-5-2-6-18-37)46-23-12-28-53-51(46)56/h1-32,47H. The summed E-state index contributed by atoms with van der Waals surface area (Å²) in [4.78, 5) is 12.1. The zero-order valence-electron chi connectivity index (χ0n) is 31.1. The van der Waals surface area contributed by atoms with Crippen LogP contribution in [0.3, 0.4) is 0 Å². The summed E-state index contributed by atoms with van der Waals surface area (Å²) in [5.74, 6) is 0.830. The van der Waals surface area contributed by atoms with Crippen LogP contribution in [0.2, 0.25) is 0 Å². The van der Waals surface area contributed by atoms with Crippen molar-refractivity contribution in [2.45, 2.75) is 6.17 Å². The molecule has 0 radical (unpaired) electrons. The van der Waals surface area contributed by atoms with Gasteiger partial charge in [0.15, 0.2) is 14.2 Å². The van der Waals surface area contributed by atoms with Crippen molar-refractivity contribution in [3.8, 4) is 0 Å². The van der Waals surface area contributed by atoms with Crippen molar-refractivity contribution in [3.05, 3.63) is 206 Å². The van der Waals surface area contributed by atoms with Crippen LogP contribution in [0.15, 0.2) is 199 Å². The molecule has 0 spiro atoms. The molecule has 0 saturated carbocycles. The van der Waals surface area contributed by atoms with E-state index >= 15 is 4.39 Å². The van der Waals surface area contributed by atoms with E-state index in [1.165, 1.54) is 10.4 Å². The van der Waals surface area contributed by atoms with Crippen molar-refractivity contribution in [2.75, 3.05) is 4.90 Å². The molecule has 7 aromatic carbocycles. The van der Waals surface area contributed by atoms with Crippen LogP contribution >= 0.6 is 0 Å². The van der Waals surface area contributed by atoms with Crippen LogP contribution in [0, 0.1) is 0 Å². The molecule has 0 fully saturated rings. The van der Waals surface area contributed by atoms with E-state index in [1.807, 2.05) is 79.1 Å². The Kier molecular flexibility index (Phi) is 7.12. The van der Waals surface area contributed by atoms with Crippen molar-refractivity contribution in [3.63, 3.8) is 0 Å². The van der Waals surface area contributed by atoms with Crippen molar-refractivity contribution >= 4 is 95.3 Å². The van der Waals surface area contributed by atoms with Gasteiger partial charge in [-0.1, -0.05) is 127 Å². The van der Waals surface area contributed by atoms with Gasteiger partial charge in [-0.3, -0.25) is 9.30 Å². The topological polar surface area (TPSA) is 46.6 Å². The van der Waals surface area contributed by atoms with E-state index in [2.05, 4.69) is 118 Å². The monoisotopic (exact) mass is 764 g/mol. The minimum atomic E-state index is -3.11. The van der Waals surface area contributed by atoms with Crippen LogP contribution in [0.25, 0.3) is 49.3 Å². The first kappa shape index (κ1) is 32.8. The average Bonchev–Trinajstić information content (AvgIpc) is 3.95. The van der Waals surface area contributed by atoms with E-state index < -0.39 is 14.2 Å². The van der Waals surface area contributed by atoms with Crippen LogP contribution in [0.5, 0.6) is 0 Å². The normalized spacial score (nSPS) is 14.0. The molecule has 58 heavy (non-hydrogen) atoms. The Hall–Kier alpha value is -7.35. The molecule has 1 aliphatic heterocycles. The molecule has 0 amide bonds. The first-order chi connectivity index (χ1) is 28.7. The maximum Gasteiger partial charge on any atom is 0.191 e. The van der Waals surface area contributed by atoms with Gasteiger partial charge < -0.3 is 4.42 Å². The van der Waals surface area contributed by atoms with Crippen molar-refractivity contribution in [1.82, 2.24) is 14.4 Å². The third-order valence-electron chi connectivity index (χ3n) is 12.0. The fraction of sp³-hybridized carbons (Fsp3) is 0.0196. The Bertz CT molecular complexity index is 3360. The van der Waals surface area contributed by atoms with Crippen LogP contribution < -0.4 is 25.6 Å². The van der Waals surface area contributed by atoms with Gasteiger partial charge in [-0.25, -0.2) is 14.4 Å². The second kappa shape index (κ2) is 12.6. The third kappa shape index (κ3) is 4.56. The molecule has 1 atom stereocenters. The summed E-state index contributed by atoms with van der Waals surface area (Å²) in [6.45, 7) is 0. The van der Waals surface area contributed by atoms with E-state index in [0.717, 1.165) is 76.8 Å². The van der Waals surface area contributed by atoms with Gasteiger partial charge in [0, 0.05) is 51.0 Å². The summed E-state index contributed by atoms with van der Waals surface area (Å²) in [7, 11) is -3.11. The highest BCUT2D eigenvalue weighted by Gasteiger charge is 2.51. The van der Waals surface area contributed by atoms with Gasteiger partial charge in [0.2, 0.25) is 0 Å². The minimum Gasteiger partial charge on any atom is -0.456 e. The fourth-order valence-corrected chi connectivity index (χ4v) is 14.8. The van der Waals surface area contributed by atoms with Gasteiger partial charge in [0.1, 0.15) is 22.6 Å². The largest absolute Gasteiger partial charge is 0.456 e. The lowest BCUT2D eigenvalue weighted by molar-refractivity contribution is 0.402. The summed E-state index contributed by atoms with van der Waals surface area (Å²) < 4.78 is 26.3. The SMILES string of the molecule is FC(c1cccc(N2c3ccc4c(oc5ccccc54)c3[Si](c3ccccc3)(c3ccccc3)c3cccnc32)c1)c1ccc2c3ccccc3n3ccnc3c2c1. The highest BCUT2D eigenvalue weighted by atomic mass is 28.3. The average molecular weight is 765 g/mol. The Morgan fingerprint density at radius 2 is 1.28 bits per heavy atom. The number of aromatic nitrogens is 3. The molecule has 274 valence electrons. The molecule has 5 heterocycles. The molecule has 1 aliphatic rings. The lowest BCUT2D eigenvalue weighted by Crippen LogP contribution is -2.77. The molecule has 4 aromatic heterocycles. The second-order valence-electron chi connectivity index (χ2n) is 15.0. The molecular weight excluding hydrogens is 732 g/mol. The van der Waals surface area contributed by atoms with Gasteiger partial charge >= 0.3 is 0 Å². The van der Waals surface area contributed by atoms with Gasteiger partial charge in [-0.05, 0) is 80.6 Å². The number of hydrogen-bond acceptors (Lipinski definition) is 4. The Morgan fingerprint density at radius 3 is 2.10 bits per heavy atom. The molecule has 0 bridgehead atoms. The molecular formula is C51H33FN4OSi. The van der Waals surface area contributed by atoms with Crippen LogP contribution in [-0.2, 0) is 0 Å². The van der Waals surface area contributed by atoms with E-state index in [4.69, 9.17) is 14.4 Å². The Labute approximate surface area is 333 Å². The quantitative estimate of drug-likeness (QED) is 0.129. The van der Waals surface area contributed by atoms with E-state index in [1.54, 1.807) is 6.20 Å². The zero-order valence-corrected chi connectivity index (χ0v) is 32.1. The summed E-state index contributed by atoms with van der Waals surface area (Å²) in [6, 6.07) is 60.7. The maximum absolute atomic E-state index is 17.2. The number of alkyl halides is 1. The number of hydrogen-bond donors (Lipinski definition) is 0. The number of pyridine rings is 2. The van der Waals surface area contributed by atoms with Crippen molar-refractivity contribution in [1.29, 1.82) is 0 Å². The molecule has 7 heteroatoms. The number of halogens is 1. The molecule has 1 unspecified atom stereocenters. The lowest BCUT2D eigenvalue weighted by atomic mass is 9.97. The Morgan fingerprint density at radius 1 is 0.552 bits per heavy atom. The molecule has 0 saturated heterocycles. The first-order valence-electron chi connectivity index (χ1n) is 19.5. The number of fused-ring (bicyclic) bond motifs is 12. The number of para-hydroxylation sites is 2. The number of nitrogens with zero attached hydrogens (tertiary/aromatic N) is 4. The predicted molar refractivity (Wildman–Crippen MR) is 237 cm³/mol. The van der Waals surface area contributed by atoms with Crippen LogP contribution in [0.4, 0.5) is 21.6 Å².